The van der Waals surface area contributed by atoms with Crippen molar-refractivity contribution in [2.24, 2.45) is 30.7 Å². The normalized spacial score (nSPS) is 42.1. The van der Waals surface area contributed by atoms with Gasteiger partial charge in [0.25, 0.3) is 5.92 Å². The molecule has 4 aliphatic rings. The molecule has 6 N–H and O–H groups in total. The minimum Gasteiger partial charge on any atom is -0.394 e. The van der Waals surface area contributed by atoms with Crippen LogP contribution in [0.25, 0.3) is 62.7 Å². The van der Waals surface area contributed by atoms with Gasteiger partial charge in [0.2, 0.25) is 0 Å². The molecule has 0 radical (unpaired) electrons. The van der Waals surface area contributed by atoms with E-state index in [0.717, 1.165) is 0 Å². The number of rotatable bonds is 15. The molecule has 300 valence electrons. The molecule has 3 aliphatic heterocycles. The van der Waals surface area contributed by atoms with Crippen molar-refractivity contribution in [3.63, 3.8) is 0 Å². The van der Waals surface area contributed by atoms with Crippen molar-refractivity contribution >= 4 is 0 Å². The van der Waals surface area contributed by atoms with E-state index in [4.69, 9.17) is 56.1 Å². The Labute approximate surface area is 303 Å². The van der Waals surface area contributed by atoms with Gasteiger partial charge in [0.05, 0.1) is 62.3 Å². The molecular formula is C23H32F2N18O12. The van der Waals surface area contributed by atoms with Gasteiger partial charge in [0, 0.05) is 29.5 Å². The summed E-state index contributed by atoms with van der Waals surface area (Å²) in [6.45, 7) is -2.35. The highest BCUT2D eigenvalue weighted by molar-refractivity contribution is 5.06. The first-order valence-corrected chi connectivity index (χ1v) is 15.8. The summed E-state index contributed by atoms with van der Waals surface area (Å²) in [5.41, 5.74) is 54.0. The largest absolute Gasteiger partial charge is 0.394 e. The van der Waals surface area contributed by atoms with Crippen molar-refractivity contribution in [2.75, 3.05) is 19.7 Å². The van der Waals surface area contributed by atoms with Crippen molar-refractivity contribution in [3.05, 3.63) is 62.7 Å². The second-order valence-electron chi connectivity index (χ2n) is 12.1. The molecule has 0 bridgehead atoms. The SMILES string of the molecule is [N-]=[N+]=NC[C@@H]1O[C@H](O[C@H]2[C@@H](O)[C@H](O[C@@H]3C(O)[C@H](N=[N+]=[N-])C[C@H](N=[N+]=[N-])[C@H]3O[C@H]3O[C@H](CN=[N+]=[N-])[C@@H](O)C(F)(F)[C@H]3N=[N+]=[N-])O[C@@H]2CO)[C@H](N=[N+]=[N-])[C@@H](O)[C@@H]1O. The highest BCUT2D eigenvalue weighted by atomic mass is 19.3. The number of hydrogen-bond donors (Lipinski definition) is 6. The number of aliphatic hydroxyl groups excluding tert-OH is 6. The monoisotopic (exact) mass is 790 g/mol. The molecule has 3 saturated heterocycles. The second-order valence-corrected chi connectivity index (χ2v) is 12.1. The van der Waals surface area contributed by atoms with Crippen LogP contribution in [-0.2, 0) is 28.4 Å². The molecule has 4 rings (SSSR count). The second kappa shape index (κ2) is 19.2. The van der Waals surface area contributed by atoms with Crippen LogP contribution < -0.4 is 0 Å². The topological polar surface area (TPSA) is 469 Å². The maximum absolute atomic E-state index is 15.4. The van der Waals surface area contributed by atoms with Crippen molar-refractivity contribution < 1.29 is 67.8 Å². The molecule has 1 saturated carbocycles. The molecule has 0 spiro atoms. The van der Waals surface area contributed by atoms with E-state index < -0.39 is 142 Å². The first-order chi connectivity index (χ1) is 26.3. The number of nitrogens with zero attached hydrogens (tertiary/aromatic N) is 18. The lowest BCUT2D eigenvalue weighted by Crippen LogP contribution is -2.65. The number of azide groups is 6. The van der Waals surface area contributed by atoms with Crippen LogP contribution in [0.1, 0.15) is 6.42 Å². The molecule has 3 heterocycles. The lowest BCUT2D eigenvalue weighted by molar-refractivity contribution is -0.330. The van der Waals surface area contributed by atoms with Gasteiger partial charge < -0.3 is 59.1 Å². The van der Waals surface area contributed by atoms with Gasteiger partial charge in [-0.05, 0) is 39.6 Å². The van der Waals surface area contributed by atoms with E-state index in [1.54, 1.807) is 0 Å². The highest BCUT2D eigenvalue weighted by Crippen LogP contribution is 2.41. The summed E-state index contributed by atoms with van der Waals surface area (Å²) in [5.74, 6) is -4.31. The molecule has 0 aromatic carbocycles. The van der Waals surface area contributed by atoms with Crippen LogP contribution in [0, 0.1) is 0 Å². The van der Waals surface area contributed by atoms with E-state index in [1.165, 1.54) is 0 Å². The number of aliphatic hydroxyl groups is 6. The third kappa shape index (κ3) is 9.21. The number of ether oxygens (including phenoxy) is 6. The third-order valence-electron chi connectivity index (χ3n) is 9.05. The van der Waals surface area contributed by atoms with Gasteiger partial charge in [0.1, 0.15) is 42.7 Å². The zero-order chi connectivity index (χ0) is 40.4. The lowest BCUT2D eigenvalue weighted by Gasteiger charge is -2.47. The van der Waals surface area contributed by atoms with E-state index in [-0.39, 0.29) is 0 Å². The highest BCUT2D eigenvalue weighted by Gasteiger charge is 2.60. The zero-order valence-corrected chi connectivity index (χ0v) is 27.7. The summed E-state index contributed by atoms with van der Waals surface area (Å²) in [7, 11) is 0. The van der Waals surface area contributed by atoms with E-state index >= 15 is 8.78 Å². The van der Waals surface area contributed by atoms with E-state index in [0.29, 0.717) is 0 Å². The van der Waals surface area contributed by atoms with Crippen LogP contribution in [0.5, 0.6) is 0 Å². The summed E-state index contributed by atoms with van der Waals surface area (Å²) in [5, 5.41) is 83.9. The Bertz CT molecular complexity index is 1650. The Hall–Kier alpha value is -4.76. The van der Waals surface area contributed by atoms with Gasteiger partial charge in [-0.2, -0.15) is 0 Å². The van der Waals surface area contributed by atoms with Crippen LogP contribution in [0.15, 0.2) is 30.7 Å². The number of alkyl halides is 2. The van der Waals surface area contributed by atoms with E-state index in [1.807, 2.05) is 0 Å². The average Bonchev–Trinajstić information content (AvgIpc) is 3.46. The van der Waals surface area contributed by atoms with Gasteiger partial charge in [-0.15, -0.1) is 0 Å². The van der Waals surface area contributed by atoms with Crippen molar-refractivity contribution in [2.45, 2.75) is 123 Å². The van der Waals surface area contributed by atoms with Gasteiger partial charge in [-0.3, -0.25) is 0 Å². The minimum atomic E-state index is -4.31. The molecule has 0 aromatic rings. The Morgan fingerprint density at radius 1 is 0.582 bits per heavy atom. The minimum absolute atomic E-state index is 0.510. The first kappa shape index (κ1) is 43.0. The smallest absolute Gasteiger partial charge is 0.289 e. The number of hydrogen-bond acceptors (Lipinski definition) is 18. The summed E-state index contributed by atoms with van der Waals surface area (Å²) < 4.78 is 64.7. The van der Waals surface area contributed by atoms with Crippen LogP contribution in [-0.4, -0.2) is 166 Å². The molecular weight excluding hydrogens is 758 g/mol. The molecule has 0 aromatic heterocycles. The fourth-order valence-corrected chi connectivity index (χ4v) is 6.40. The lowest BCUT2D eigenvalue weighted by atomic mass is 9.84. The maximum Gasteiger partial charge on any atom is 0.289 e. The van der Waals surface area contributed by atoms with Crippen LogP contribution in [0.2, 0.25) is 0 Å². The molecule has 30 nitrogen and oxygen atoms in total. The Morgan fingerprint density at radius 2 is 1.13 bits per heavy atom. The molecule has 32 heteroatoms. The fraction of sp³-hybridized carbons (Fsp3) is 1.00. The maximum atomic E-state index is 15.4. The van der Waals surface area contributed by atoms with Crippen LogP contribution >= 0.6 is 0 Å². The Balaban J connectivity index is 1.69. The van der Waals surface area contributed by atoms with Crippen molar-refractivity contribution in [1.82, 2.24) is 0 Å². The number of halogens is 2. The average molecular weight is 791 g/mol. The molecule has 1 unspecified atom stereocenters. The zero-order valence-electron chi connectivity index (χ0n) is 27.7. The predicted octanol–water partition coefficient (Wildman–Crippen LogP) is 0.489. The Kier molecular flexibility index (Phi) is 15.0. The van der Waals surface area contributed by atoms with Crippen LogP contribution in [0.4, 0.5) is 8.78 Å². The van der Waals surface area contributed by atoms with E-state index in [9.17, 15) is 36.2 Å². The molecule has 55 heavy (non-hydrogen) atoms. The summed E-state index contributed by atoms with van der Waals surface area (Å²) in [4.78, 5) is 15.2. The standard InChI is InChI=1S/C23H32F2N18O12/c24-23(25)18(37-43-31)22(51-8(19(23)49)3-33-39-27)53-15-6(35-41-29)1-5(34-40-28)11(45)17(15)55-21-14(48)16(9(4-44)52-21)54-20-10(36-42-30)13(47)12(46)7(50-20)2-32-38-26/h5-22,44-49H,1-4H2/t5-,6+,7+,8-,9-,10-,11?,12-,13-,14-,15-,16-,17-,18+,19-,20-,21+,22-/m1/s1. The quantitative estimate of drug-likeness (QED) is 0.0750. The Morgan fingerprint density at radius 3 is 1.73 bits per heavy atom. The van der Waals surface area contributed by atoms with Gasteiger partial charge >= 0.3 is 0 Å². The molecule has 0 amide bonds. The third-order valence-corrected chi connectivity index (χ3v) is 9.05. The van der Waals surface area contributed by atoms with Gasteiger partial charge in [-0.25, -0.2) is 8.78 Å². The fourth-order valence-electron chi connectivity index (χ4n) is 6.40. The van der Waals surface area contributed by atoms with E-state index in [2.05, 4.69) is 60.2 Å². The predicted molar refractivity (Wildman–Crippen MR) is 167 cm³/mol. The first-order valence-electron chi connectivity index (χ1n) is 15.8. The summed E-state index contributed by atoms with van der Waals surface area (Å²) in [6.07, 6.45) is -27.5. The molecule has 18 atom stereocenters. The van der Waals surface area contributed by atoms with Crippen LogP contribution in [0.3, 0.4) is 0 Å². The van der Waals surface area contributed by atoms with Gasteiger partial charge in [0.15, 0.2) is 24.9 Å². The van der Waals surface area contributed by atoms with Crippen molar-refractivity contribution in [1.29, 1.82) is 0 Å². The summed E-state index contributed by atoms with van der Waals surface area (Å²) in [6, 6.07) is -7.39. The van der Waals surface area contributed by atoms with Crippen molar-refractivity contribution in [3.8, 4) is 0 Å². The summed E-state index contributed by atoms with van der Waals surface area (Å²) >= 11 is 0. The van der Waals surface area contributed by atoms with Gasteiger partial charge in [-0.1, -0.05) is 30.7 Å². The molecule has 1 aliphatic carbocycles. The molecule has 4 fully saturated rings.